The van der Waals surface area contributed by atoms with Crippen molar-refractivity contribution in [2.24, 2.45) is 0 Å². The fourth-order valence-electron chi connectivity index (χ4n) is 2.55. The Labute approximate surface area is 122 Å². The van der Waals surface area contributed by atoms with Crippen LogP contribution in [0.15, 0.2) is 16.7 Å². The molecule has 2 aromatic heterocycles. The molecule has 8 nitrogen and oxygen atoms in total. The number of carbonyl (C=O) groups is 1. The summed E-state index contributed by atoms with van der Waals surface area (Å²) in [6, 6.07) is 2.48. The van der Waals surface area contributed by atoms with Crippen molar-refractivity contribution in [2.45, 2.75) is 25.8 Å². The van der Waals surface area contributed by atoms with Crippen molar-refractivity contribution in [3.8, 4) is 0 Å². The van der Waals surface area contributed by atoms with Crippen LogP contribution >= 0.6 is 0 Å². The van der Waals surface area contributed by atoms with Crippen molar-refractivity contribution in [3.63, 3.8) is 0 Å². The van der Waals surface area contributed by atoms with E-state index in [-0.39, 0.29) is 11.9 Å². The van der Waals surface area contributed by atoms with Crippen molar-refractivity contribution in [1.82, 2.24) is 25.3 Å². The van der Waals surface area contributed by atoms with Crippen LogP contribution in [-0.2, 0) is 0 Å². The molecule has 0 spiro atoms. The molecule has 3 rings (SSSR count). The van der Waals surface area contributed by atoms with Gasteiger partial charge in [0.05, 0.1) is 6.04 Å². The third kappa shape index (κ3) is 2.74. The maximum atomic E-state index is 11.6. The standard InChI is InChI=1S/C13H18N6O2/c1-9-15-16-13(21-9)18-6-3-4-10(8-18)19-7-5-11(17-19)12(20)14-2/h5,7,10H,3-4,6,8H2,1-2H3,(H,14,20). The normalized spacial score (nSPS) is 18.8. The topological polar surface area (TPSA) is 89.1 Å². The molecule has 1 saturated heterocycles. The molecular formula is C13H18N6O2. The lowest BCUT2D eigenvalue weighted by Crippen LogP contribution is -2.37. The van der Waals surface area contributed by atoms with E-state index in [1.54, 1.807) is 20.0 Å². The van der Waals surface area contributed by atoms with Gasteiger partial charge in [-0.1, -0.05) is 5.10 Å². The van der Waals surface area contributed by atoms with Crippen LogP contribution in [0.5, 0.6) is 0 Å². The van der Waals surface area contributed by atoms with Gasteiger partial charge in [-0.3, -0.25) is 9.48 Å². The molecule has 1 unspecified atom stereocenters. The summed E-state index contributed by atoms with van der Waals surface area (Å²) >= 11 is 0. The number of anilines is 1. The van der Waals surface area contributed by atoms with Crippen LogP contribution in [0.4, 0.5) is 6.01 Å². The Morgan fingerprint density at radius 3 is 3.05 bits per heavy atom. The number of rotatable bonds is 3. The van der Waals surface area contributed by atoms with Crippen LogP contribution in [0.2, 0.25) is 0 Å². The van der Waals surface area contributed by atoms with Crippen molar-refractivity contribution >= 4 is 11.9 Å². The summed E-state index contributed by atoms with van der Waals surface area (Å²) in [5.74, 6) is 0.391. The molecule has 21 heavy (non-hydrogen) atoms. The number of aromatic nitrogens is 4. The Kier molecular flexibility index (Phi) is 3.59. The molecule has 3 heterocycles. The molecule has 0 radical (unpaired) electrons. The first-order valence-electron chi connectivity index (χ1n) is 6.99. The quantitative estimate of drug-likeness (QED) is 0.898. The highest BCUT2D eigenvalue weighted by Crippen LogP contribution is 2.25. The first-order chi connectivity index (χ1) is 10.2. The Morgan fingerprint density at radius 2 is 2.33 bits per heavy atom. The predicted molar refractivity (Wildman–Crippen MR) is 75.1 cm³/mol. The second kappa shape index (κ2) is 5.55. The minimum absolute atomic E-state index is 0.172. The summed E-state index contributed by atoms with van der Waals surface area (Å²) < 4.78 is 7.33. The maximum absolute atomic E-state index is 11.6. The van der Waals surface area contributed by atoms with Gasteiger partial charge >= 0.3 is 6.01 Å². The molecule has 1 fully saturated rings. The van der Waals surface area contributed by atoms with E-state index >= 15 is 0 Å². The lowest BCUT2D eigenvalue weighted by molar-refractivity contribution is 0.0957. The Hall–Kier alpha value is -2.38. The Balaban J connectivity index is 1.74. The van der Waals surface area contributed by atoms with E-state index in [4.69, 9.17) is 4.42 Å². The first kappa shape index (κ1) is 13.6. The van der Waals surface area contributed by atoms with Crippen LogP contribution in [-0.4, -0.2) is 46.0 Å². The zero-order chi connectivity index (χ0) is 14.8. The lowest BCUT2D eigenvalue weighted by atomic mass is 10.1. The van der Waals surface area contributed by atoms with Crippen LogP contribution in [0, 0.1) is 6.92 Å². The summed E-state index contributed by atoms with van der Waals surface area (Å²) in [5, 5.41) is 14.8. The van der Waals surface area contributed by atoms with Gasteiger partial charge in [-0.05, 0) is 18.9 Å². The molecule has 0 saturated carbocycles. The molecule has 1 aliphatic heterocycles. The molecule has 1 atom stereocenters. The third-order valence-electron chi connectivity index (χ3n) is 3.62. The monoisotopic (exact) mass is 290 g/mol. The van der Waals surface area contributed by atoms with Gasteiger partial charge in [0.15, 0.2) is 0 Å². The van der Waals surface area contributed by atoms with Crippen molar-refractivity contribution in [1.29, 1.82) is 0 Å². The predicted octanol–water partition coefficient (Wildman–Crippen LogP) is 0.776. The van der Waals surface area contributed by atoms with E-state index in [0.717, 1.165) is 25.9 Å². The Morgan fingerprint density at radius 1 is 1.48 bits per heavy atom. The molecular weight excluding hydrogens is 272 g/mol. The fraction of sp³-hybridized carbons (Fsp3) is 0.538. The van der Waals surface area contributed by atoms with Crippen molar-refractivity contribution in [3.05, 3.63) is 23.8 Å². The molecule has 0 aliphatic carbocycles. The molecule has 2 aromatic rings. The minimum atomic E-state index is -0.172. The number of hydrogen-bond acceptors (Lipinski definition) is 6. The second-order valence-corrected chi connectivity index (χ2v) is 5.11. The highest BCUT2D eigenvalue weighted by atomic mass is 16.4. The summed E-state index contributed by atoms with van der Waals surface area (Å²) in [6.45, 7) is 3.42. The summed E-state index contributed by atoms with van der Waals surface area (Å²) in [5.41, 5.74) is 0.434. The van der Waals surface area contributed by atoms with Gasteiger partial charge in [0.2, 0.25) is 5.89 Å². The number of piperidine rings is 1. The molecule has 0 aromatic carbocycles. The number of nitrogens with zero attached hydrogens (tertiary/aromatic N) is 5. The van der Waals surface area contributed by atoms with E-state index in [0.29, 0.717) is 17.6 Å². The average molecular weight is 290 g/mol. The highest BCUT2D eigenvalue weighted by Gasteiger charge is 2.25. The zero-order valence-electron chi connectivity index (χ0n) is 12.1. The van der Waals surface area contributed by atoms with Crippen LogP contribution in [0.1, 0.15) is 35.3 Å². The number of carbonyl (C=O) groups excluding carboxylic acids is 1. The summed E-state index contributed by atoms with van der Waals surface area (Å²) in [7, 11) is 1.60. The van der Waals surface area contributed by atoms with E-state index in [9.17, 15) is 4.79 Å². The molecule has 1 N–H and O–H groups in total. The van der Waals surface area contributed by atoms with Gasteiger partial charge in [-0.25, -0.2) is 0 Å². The number of aryl methyl sites for hydroxylation is 1. The molecule has 1 amide bonds. The SMILES string of the molecule is CNC(=O)c1ccn(C2CCCN(c3nnc(C)o3)C2)n1. The first-order valence-corrected chi connectivity index (χ1v) is 6.99. The van der Waals surface area contributed by atoms with Crippen molar-refractivity contribution in [2.75, 3.05) is 25.0 Å². The molecule has 1 aliphatic rings. The average Bonchev–Trinajstić information content (AvgIpc) is 3.15. The third-order valence-corrected chi connectivity index (χ3v) is 3.62. The Bertz CT molecular complexity index is 634. The highest BCUT2D eigenvalue weighted by molar-refractivity contribution is 5.91. The number of amides is 1. The fourth-order valence-corrected chi connectivity index (χ4v) is 2.55. The van der Waals surface area contributed by atoms with Gasteiger partial charge in [-0.2, -0.15) is 5.10 Å². The largest absolute Gasteiger partial charge is 0.408 e. The second-order valence-electron chi connectivity index (χ2n) is 5.11. The van der Waals surface area contributed by atoms with Gasteiger partial charge < -0.3 is 14.6 Å². The summed E-state index contributed by atoms with van der Waals surface area (Å²) in [4.78, 5) is 13.6. The van der Waals surface area contributed by atoms with E-state index in [1.807, 2.05) is 10.9 Å². The lowest BCUT2D eigenvalue weighted by Gasteiger charge is -2.31. The number of nitrogens with one attached hydrogen (secondary N) is 1. The molecule has 112 valence electrons. The van der Waals surface area contributed by atoms with E-state index < -0.39 is 0 Å². The zero-order valence-corrected chi connectivity index (χ0v) is 12.1. The van der Waals surface area contributed by atoms with Gasteiger partial charge in [-0.15, -0.1) is 5.10 Å². The van der Waals surface area contributed by atoms with Crippen molar-refractivity contribution < 1.29 is 9.21 Å². The van der Waals surface area contributed by atoms with E-state index in [1.165, 1.54) is 0 Å². The van der Waals surface area contributed by atoms with Gasteiger partial charge in [0, 0.05) is 33.3 Å². The maximum Gasteiger partial charge on any atom is 0.318 e. The summed E-state index contributed by atoms with van der Waals surface area (Å²) in [6.07, 6.45) is 3.87. The van der Waals surface area contributed by atoms with Crippen LogP contribution < -0.4 is 10.2 Å². The molecule has 0 bridgehead atoms. The van der Waals surface area contributed by atoms with Crippen LogP contribution in [0.25, 0.3) is 0 Å². The minimum Gasteiger partial charge on any atom is -0.408 e. The molecule has 8 heteroatoms. The smallest absolute Gasteiger partial charge is 0.318 e. The van der Waals surface area contributed by atoms with E-state index in [2.05, 4.69) is 25.5 Å². The van der Waals surface area contributed by atoms with Gasteiger partial charge in [0.25, 0.3) is 5.91 Å². The number of hydrogen-bond donors (Lipinski definition) is 1. The van der Waals surface area contributed by atoms with Gasteiger partial charge in [0.1, 0.15) is 5.69 Å². The van der Waals surface area contributed by atoms with Crippen LogP contribution in [0.3, 0.4) is 0 Å².